The molecular weight excluding hydrogens is 316 g/mol. The van der Waals surface area contributed by atoms with Crippen LogP contribution in [0.5, 0.6) is 0 Å². The van der Waals surface area contributed by atoms with Crippen molar-refractivity contribution >= 4 is 11.9 Å². The fraction of sp³-hybridized carbons (Fsp3) is 0.524. The lowest BCUT2D eigenvalue weighted by Gasteiger charge is -2.42. The third kappa shape index (κ3) is 3.94. The smallest absolute Gasteiger partial charge is 0.334 e. The average Bonchev–Trinajstić information content (AvgIpc) is 2.56. The zero-order chi connectivity index (χ0) is 18.7. The van der Waals surface area contributed by atoms with Crippen molar-refractivity contribution in [3.05, 3.63) is 47.1 Å². The molecule has 0 aromatic carbocycles. The molecule has 0 aromatic heterocycles. The second-order valence-corrected chi connectivity index (χ2v) is 7.02. The molecule has 2 aliphatic rings. The van der Waals surface area contributed by atoms with Gasteiger partial charge in [-0.15, -0.1) is 0 Å². The van der Waals surface area contributed by atoms with Gasteiger partial charge in [0, 0.05) is 23.5 Å². The van der Waals surface area contributed by atoms with Gasteiger partial charge in [0.1, 0.15) is 6.10 Å². The lowest BCUT2D eigenvalue weighted by atomic mass is 9.67. The van der Waals surface area contributed by atoms with E-state index in [0.29, 0.717) is 5.57 Å². The van der Waals surface area contributed by atoms with Crippen molar-refractivity contribution in [2.75, 3.05) is 6.61 Å². The molecule has 4 heteroatoms. The van der Waals surface area contributed by atoms with Crippen molar-refractivity contribution < 1.29 is 19.1 Å². The Labute approximate surface area is 150 Å². The number of esters is 2. The minimum absolute atomic E-state index is 0.0402. The predicted molar refractivity (Wildman–Crippen MR) is 97.7 cm³/mol. The van der Waals surface area contributed by atoms with E-state index in [9.17, 15) is 9.59 Å². The maximum absolute atomic E-state index is 12.2. The third-order valence-corrected chi connectivity index (χ3v) is 5.05. The van der Waals surface area contributed by atoms with Crippen LogP contribution in [0.2, 0.25) is 0 Å². The minimum atomic E-state index is -0.484. The summed E-state index contributed by atoms with van der Waals surface area (Å²) in [7, 11) is 0. The summed E-state index contributed by atoms with van der Waals surface area (Å²) in [5.74, 6) is -0.486. The van der Waals surface area contributed by atoms with Gasteiger partial charge < -0.3 is 9.47 Å². The van der Waals surface area contributed by atoms with Gasteiger partial charge in [0.15, 0.2) is 0 Å². The molecule has 0 amide bonds. The fourth-order valence-corrected chi connectivity index (χ4v) is 3.44. The molecule has 0 bridgehead atoms. The summed E-state index contributed by atoms with van der Waals surface area (Å²) >= 11 is 0. The van der Waals surface area contributed by atoms with Crippen molar-refractivity contribution in [1.82, 2.24) is 0 Å². The third-order valence-electron chi connectivity index (χ3n) is 5.05. The number of carbonyl (C=O) groups excluding carboxylic acids is 2. The second kappa shape index (κ2) is 7.85. The molecule has 3 atom stereocenters. The van der Waals surface area contributed by atoms with Crippen molar-refractivity contribution in [2.24, 2.45) is 17.8 Å². The lowest BCUT2D eigenvalue weighted by molar-refractivity contribution is -0.146. The Hall–Kier alpha value is -2.10. The molecule has 0 aromatic rings. The summed E-state index contributed by atoms with van der Waals surface area (Å²) in [6.45, 7) is 14.4. The molecule has 0 saturated carbocycles. The van der Waals surface area contributed by atoms with Crippen LogP contribution in [0.15, 0.2) is 47.1 Å². The van der Waals surface area contributed by atoms with E-state index in [2.05, 4.69) is 20.4 Å². The molecule has 136 valence electrons. The second-order valence-electron chi connectivity index (χ2n) is 7.02. The number of allylic oxidation sites excluding steroid dienone is 3. The van der Waals surface area contributed by atoms with Crippen LogP contribution in [-0.4, -0.2) is 24.6 Å². The van der Waals surface area contributed by atoms with Gasteiger partial charge in [0.25, 0.3) is 0 Å². The van der Waals surface area contributed by atoms with Gasteiger partial charge >= 0.3 is 11.9 Å². The van der Waals surface area contributed by atoms with Crippen LogP contribution in [0.4, 0.5) is 0 Å². The first kappa shape index (κ1) is 19.2. The SMILES string of the molecule is C=C1C(OC(=O)C=C(C)CC)C=C(C(C)C)C2C(=CC)C(=O)OCC12. The van der Waals surface area contributed by atoms with Crippen LogP contribution in [0.25, 0.3) is 0 Å². The van der Waals surface area contributed by atoms with Gasteiger partial charge in [-0.3, -0.25) is 0 Å². The van der Waals surface area contributed by atoms with Crippen molar-refractivity contribution in [3.63, 3.8) is 0 Å². The van der Waals surface area contributed by atoms with Crippen molar-refractivity contribution in [2.45, 2.75) is 47.1 Å². The summed E-state index contributed by atoms with van der Waals surface area (Å²) in [5.41, 5.74) is 3.54. The number of cyclic esters (lactones) is 1. The van der Waals surface area contributed by atoms with Crippen LogP contribution < -0.4 is 0 Å². The highest BCUT2D eigenvalue weighted by molar-refractivity contribution is 5.91. The first-order valence-electron chi connectivity index (χ1n) is 8.91. The highest BCUT2D eigenvalue weighted by atomic mass is 16.5. The van der Waals surface area contributed by atoms with E-state index in [1.807, 2.05) is 32.9 Å². The molecule has 1 aliphatic carbocycles. The van der Waals surface area contributed by atoms with E-state index in [-0.39, 0.29) is 36.3 Å². The van der Waals surface area contributed by atoms with Gasteiger partial charge in [-0.05, 0) is 37.8 Å². The topological polar surface area (TPSA) is 52.6 Å². The zero-order valence-electron chi connectivity index (χ0n) is 15.8. The fourth-order valence-electron chi connectivity index (χ4n) is 3.44. The minimum Gasteiger partial charge on any atom is -0.462 e. The van der Waals surface area contributed by atoms with Crippen LogP contribution in [0.3, 0.4) is 0 Å². The van der Waals surface area contributed by atoms with Crippen LogP contribution in [0.1, 0.15) is 41.0 Å². The standard InChI is InChI=1S/C21H28O4/c1-7-13(5)9-19(22)25-18-10-16(12(3)4)20-15(8-2)21(23)24-11-17(20)14(18)6/h8-10,12,17-18,20H,6-7,11H2,1-5H3. The van der Waals surface area contributed by atoms with Crippen LogP contribution in [0, 0.1) is 17.8 Å². The Morgan fingerprint density at radius 1 is 1.48 bits per heavy atom. The van der Waals surface area contributed by atoms with Crippen molar-refractivity contribution in [1.29, 1.82) is 0 Å². The van der Waals surface area contributed by atoms with Crippen molar-refractivity contribution in [3.8, 4) is 0 Å². The number of hydrogen-bond acceptors (Lipinski definition) is 4. The van der Waals surface area contributed by atoms with E-state index < -0.39 is 6.10 Å². The summed E-state index contributed by atoms with van der Waals surface area (Å²) in [5, 5.41) is 0. The maximum Gasteiger partial charge on any atom is 0.334 e. The summed E-state index contributed by atoms with van der Waals surface area (Å²) < 4.78 is 11.0. The number of rotatable bonds is 4. The van der Waals surface area contributed by atoms with E-state index in [1.165, 1.54) is 6.08 Å². The Morgan fingerprint density at radius 3 is 2.72 bits per heavy atom. The van der Waals surface area contributed by atoms with Gasteiger partial charge in [-0.2, -0.15) is 0 Å². The molecule has 1 saturated heterocycles. The molecule has 25 heavy (non-hydrogen) atoms. The Bertz CT molecular complexity index is 663. The largest absolute Gasteiger partial charge is 0.462 e. The Kier molecular flexibility index (Phi) is 6.04. The maximum atomic E-state index is 12.2. The van der Waals surface area contributed by atoms with Gasteiger partial charge in [0.05, 0.1) is 6.61 Å². The highest BCUT2D eigenvalue weighted by Crippen LogP contribution is 2.45. The van der Waals surface area contributed by atoms with E-state index >= 15 is 0 Å². The molecule has 3 unspecified atom stereocenters. The van der Waals surface area contributed by atoms with E-state index in [0.717, 1.165) is 23.1 Å². The Balaban J connectivity index is 2.37. The molecule has 0 radical (unpaired) electrons. The molecule has 1 fully saturated rings. The zero-order valence-corrected chi connectivity index (χ0v) is 15.8. The number of fused-ring (bicyclic) bond motifs is 1. The monoisotopic (exact) mass is 344 g/mol. The summed E-state index contributed by atoms with van der Waals surface area (Å²) in [4.78, 5) is 24.3. The molecule has 2 rings (SSSR count). The summed E-state index contributed by atoms with van der Waals surface area (Å²) in [6.07, 6.45) is 5.63. The average molecular weight is 344 g/mol. The van der Waals surface area contributed by atoms with Gasteiger partial charge in [0.2, 0.25) is 0 Å². The predicted octanol–water partition coefficient (Wildman–Crippen LogP) is 4.14. The first-order valence-corrected chi connectivity index (χ1v) is 8.91. The molecular formula is C21H28O4. The molecule has 0 N–H and O–H groups in total. The molecule has 1 heterocycles. The highest BCUT2D eigenvalue weighted by Gasteiger charge is 2.44. The summed E-state index contributed by atoms with van der Waals surface area (Å²) in [6, 6.07) is 0. The van der Waals surface area contributed by atoms with E-state index in [1.54, 1.807) is 0 Å². The molecule has 1 aliphatic heterocycles. The van der Waals surface area contributed by atoms with Crippen LogP contribution >= 0.6 is 0 Å². The van der Waals surface area contributed by atoms with Gasteiger partial charge in [-0.1, -0.05) is 44.6 Å². The van der Waals surface area contributed by atoms with Crippen LogP contribution in [-0.2, 0) is 19.1 Å². The number of ether oxygens (including phenoxy) is 2. The first-order chi connectivity index (χ1) is 11.8. The molecule has 4 nitrogen and oxygen atoms in total. The number of carbonyl (C=O) groups is 2. The normalized spacial score (nSPS) is 28.6. The van der Waals surface area contributed by atoms with Gasteiger partial charge in [-0.25, -0.2) is 9.59 Å². The Morgan fingerprint density at radius 2 is 2.16 bits per heavy atom. The lowest BCUT2D eigenvalue weighted by Crippen LogP contribution is -2.42. The molecule has 0 spiro atoms. The quantitative estimate of drug-likeness (QED) is 0.437. The number of hydrogen-bond donors (Lipinski definition) is 0. The van der Waals surface area contributed by atoms with E-state index in [4.69, 9.17) is 9.47 Å².